The van der Waals surface area contributed by atoms with Crippen LogP contribution in [0.4, 0.5) is 0 Å². The summed E-state index contributed by atoms with van der Waals surface area (Å²) in [4.78, 5) is 25.5. The molecule has 2 unspecified atom stereocenters. The quantitative estimate of drug-likeness (QED) is 0.430. The number of ether oxygens (including phenoxy) is 1. The van der Waals surface area contributed by atoms with Crippen molar-refractivity contribution in [1.29, 1.82) is 0 Å². The minimum atomic E-state index is -0.888. The highest BCUT2D eigenvalue weighted by Gasteiger charge is 2.74. The van der Waals surface area contributed by atoms with Crippen LogP contribution in [-0.2, 0) is 19.7 Å². The van der Waals surface area contributed by atoms with Gasteiger partial charge in [0, 0.05) is 16.7 Å². The van der Waals surface area contributed by atoms with Gasteiger partial charge in [-0.1, -0.05) is 64.5 Å². The Bertz CT molecular complexity index is 871. The molecule has 0 amide bonds. The van der Waals surface area contributed by atoms with E-state index in [0.717, 1.165) is 22.3 Å². The number of alkyl halides is 1. The molecule has 2 atom stereocenters. The van der Waals surface area contributed by atoms with Crippen LogP contribution < -0.4 is 0 Å². The Kier molecular flexibility index (Phi) is 2.62. The molecule has 1 aliphatic heterocycles. The molecule has 0 spiro atoms. The molecule has 2 aromatic rings. The summed E-state index contributed by atoms with van der Waals surface area (Å²) in [5.41, 5.74) is 3.07. The minimum absolute atomic E-state index is 0.123. The summed E-state index contributed by atoms with van der Waals surface area (Å²) in [7, 11) is 0. The van der Waals surface area contributed by atoms with Crippen molar-refractivity contribution >= 4 is 27.9 Å². The number of hydrogen-bond acceptors (Lipinski definition) is 3. The molecule has 4 heteroatoms. The first-order chi connectivity index (χ1) is 11.6. The summed E-state index contributed by atoms with van der Waals surface area (Å²) in [6.07, 6.45) is 0. The smallest absolute Gasteiger partial charge is 0.321 e. The van der Waals surface area contributed by atoms with Gasteiger partial charge in [0.25, 0.3) is 0 Å². The van der Waals surface area contributed by atoms with E-state index in [0.29, 0.717) is 5.33 Å². The summed E-state index contributed by atoms with van der Waals surface area (Å²) < 4.78 is 5.18. The van der Waals surface area contributed by atoms with Crippen molar-refractivity contribution in [3.8, 4) is 0 Å². The molecule has 1 saturated heterocycles. The van der Waals surface area contributed by atoms with Gasteiger partial charge in [-0.3, -0.25) is 9.59 Å². The van der Waals surface area contributed by atoms with Gasteiger partial charge in [-0.05, 0) is 29.2 Å². The number of esters is 2. The van der Waals surface area contributed by atoms with E-state index in [-0.39, 0.29) is 11.9 Å². The monoisotopic (exact) mass is 382 g/mol. The average Bonchev–Trinajstić information content (AvgIpc) is 2.85. The third-order valence-corrected chi connectivity index (χ3v) is 7.27. The lowest BCUT2D eigenvalue weighted by Gasteiger charge is -2.58. The van der Waals surface area contributed by atoms with Gasteiger partial charge in [0.15, 0.2) is 0 Å². The van der Waals surface area contributed by atoms with Crippen LogP contribution in [0.3, 0.4) is 0 Å². The van der Waals surface area contributed by atoms with E-state index >= 15 is 0 Å². The molecule has 0 aromatic heterocycles. The van der Waals surface area contributed by atoms with Crippen LogP contribution in [0, 0.1) is 11.3 Å². The summed E-state index contributed by atoms with van der Waals surface area (Å²) in [5.74, 6) is -1.37. The second kappa shape index (κ2) is 4.37. The normalized spacial score (nSPS) is 35.2. The van der Waals surface area contributed by atoms with E-state index < -0.39 is 22.7 Å². The first-order valence-corrected chi connectivity index (χ1v) is 9.20. The van der Waals surface area contributed by atoms with Gasteiger partial charge in [-0.2, -0.15) is 0 Å². The zero-order valence-corrected chi connectivity index (χ0v) is 14.7. The molecule has 0 radical (unpaired) electrons. The van der Waals surface area contributed by atoms with Crippen LogP contribution in [0.2, 0.25) is 0 Å². The van der Waals surface area contributed by atoms with Crippen molar-refractivity contribution in [3.63, 3.8) is 0 Å². The molecule has 1 fully saturated rings. The highest BCUT2D eigenvalue weighted by Crippen LogP contribution is 2.69. The molecule has 0 N–H and O–H groups in total. The Morgan fingerprint density at radius 3 is 2.08 bits per heavy atom. The van der Waals surface area contributed by atoms with E-state index in [1.807, 2.05) is 31.2 Å². The van der Waals surface area contributed by atoms with Gasteiger partial charge in [0.1, 0.15) is 0 Å². The standard InChI is InChI=1S/C20H15BrO3/c1-19-16(17(22)24-18(19)23)15-11-6-2-4-8-13(11)20(19,10-21)14-9-5-3-7-12(14)15/h2-9,15-16H,10H2,1H3. The molecule has 2 aromatic carbocycles. The number of hydrogen-bond donors (Lipinski definition) is 0. The van der Waals surface area contributed by atoms with Gasteiger partial charge >= 0.3 is 11.9 Å². The fourth-order valence-electron chi connectivity index (χ4n) is 5.36. The molecular weight excluding hydrogens is 368 g/mol. The van der Waals surface area contributed by atoms with Gasteiger partial charge in [-0.25, -0.2) is 0 Å². The first kappa shape index (κ1) is 14.4. The third-order valence-electron chi connectivity index (χ3n) is 6.42. The number of carbonyl (C=O) groups excluding carboxylic acids is 2. The zero-order valence-electron chi connectivity index (χ0n) is 13.1. The molecule has 4 aliphatic rings. The molecule has 3 aliphatic carbocycles. The largest absolute Gasteiger partial charge is 0.392 e. The predicted molar refractivity (Wildman–Crippen MR) is 92.0 cm³/mol. The fraction of sp³-hybridized carbons (Fsp3) is 0.300. The zero-order chi connectivity index (χ0) is 16.7. The lowest BCUT2D eigenvalue weighted by molar-refractivity contribution is -0.155. The Labute approximate surface area is 148 Å². The Hall–Kier alpha value is -1.94. The van der Waals surface area contributed by atoms with Crippen LogP contribution in [-0.4, -0.2) is 17.3 Å². The minimum Gasteiger partial charge on any atom is -0.392 e. The van der Waals surface area contributed by atoms with Crippen LogP contribution in [0.15, 0.2) is 48.5 Å². The molecule has 24 heavy (non-hydrogen) atoms. The summed E-state index contributed by atoms with van der Waals surface area (Å²) >= 11 is 3.69. The van der Waals surface area contributed by atoms with Crippen molar-refractivity contribution in [2.75, 3.05) is 5.33 Å². The van der Waals surface area contributed by atoms with Crippen LogP contribution in [0.1, 0.15) is 35.1 Å². The van der Waals surface area contributed by atoms with Gasteiger partial charge in [-0.15, -0.1) is 0 Å². The molecule has 0 saturated carbocycles. The number of halogens is 1. The fourth-order valence-corrected chi connectivity index (χ4v) is 6.55. The predicted octanol–water partition coefficient (Wildman–Crippen LogP) is 3.53. The number of rotatable bonds is 1. The number of cyclic esters (lactones) is 2. The van der Waals surface area contributed by atoms with Crippen LogP contribution >= 0.6 is 15.9 Å². The first-order valence-electron chi connectivity index (χ1n) is 8.08. The third kappa shape index (κ3) is 1.26. The maximum absolute atomic E-state index is 12.9. The maximum atomic E-state index is 12.9. The SMILES string of the molecule is CC12C(=O)OC(=O)C1C1c3ccccc3C2(CBr)c2ccccc21. The van der Waals surface area contributed by atoms with Crippen molar-refractivity contribution in [1.82, 2.24) is 0 Å². The summed E-state index contributed by atoms with van der Waals surface area (Å²) in [6.45, 7) is 1.91. The van der Waals surface area contributed by atoms with E-state index in [2.05, 4.69) is 40.2 Å². The number of benzene rings is 2. The van der Waals surface area contributed by atoms with Crippen molar-refractivity contribution in [2.45, 2.75) is 18.3 Å². The van der Waals surface area contributed by atoms with E-state index in [1.165, 1.54) is 0 Å². The second-order valence-corrected chi connectivity index (χ2v) is 7.64. The highest BCUT2D eigenvalue weighted by molar-refractivity contribution is 9.09. The van der Waals surface area contributed by atoms with Crippen LogP contribution in [0.5, 0.6) is 0 Å². The molecule has 120 valence electrons. The Morgan fingerprint density at radius 1 is 1.00 bits per heavy atom. The molecule has 3 nitrogen and oxygen atoms in total. The second-order valence-electron chi connectivity index (χ2n) is 7.08. The highest BCUT2D eigenvalue weighted by atomic mass is 79.9. The van der Waals surface area contributed by atoms with Gasteiger partial charge in [0.2, 0.25) is 0 Å². The van der Waals surface area contributed by atoms with E-state index in [4.69, 9.17) is 4.74 Å². The maximum Gasteiger partial charge on any atom is 0.321 e. The average molecular weight is 383 g/mol. The van der Waals surface area contributed by atoms with Crippen LogP contribution in [0.25, 0.3) is 0 Å². The molecule has 2 bridgehead atoms. The Balaban J connectivity index is 2.00. The van der Waals surface area contributed by atoms with Gasteiger partial charge < -0.3 is 4.74 Å². The number of carbonyl (C=O) groups is 2. The summed E-state index contributed by atoms with van der Waals surface area (Å²) in [6, 6.07) is 16.4. The molecule has 6 rings (SSSR count). The van der Waals surface area contributed by atoms with Crippen molar-refractivity contribution in [3.05, 3.63) is 70.8 Å². The van der Waals surface area contributed by atoms with E-state index in [1.54, 1.807) is 0 Å². The summed E-state index contributed by atoms with van der Waals surface area (Å²) in [5, 5.41) is 0.566. The van der Waals surface area contributed by atoms with E-state index in [9.17, 15) is 9.59 Å². The van der Waals surface area contributed by atoms with Crippen molar-refractivity contribution < 1.29 is 14.3 Å². The van der Waals surface area contributed by atoms with Gasteiger partial charge in [0.05, 0.1) is 11.3 Å². The molecule has 1 heterocycles. The topological polar surface area (TPSA) is 43.4 Å². The lowest BCUT2D eigenvalue weighted by atomic mass is 9.42. The Morgan fingerprint density at radius 2 is 1.54 bits per heavy atom. The molecular formula is C20H15BrO3. The van der Waals surface area contributed by atoms with Crippen molar-refractivity contribution in [2.24, 2.45) is 11.3 Å². The lowest BCUT2D eigenvalue weighted by Crippen LogP contribution is -2.61.